The first-order chi connectivity index (χ1) is 6.11. The third-order valence-corrected chi connectivity index (χ3v) is 1.54. The molecule has 0 saturated carbocycles. The Morgan fingerprint density at radius 2 is 1.69 bits per heavy atom. The molecule has 13 heavy (non-hydrogen) atoms. The van der Waals surface area contributed by atoms with Crippen molar-refractivity contribution in [2.45, 2.75) is 20.8 Å². The maximum absolute atomic E-state index is 4.60. The minimum Gasteiger partial charge on any atom is -0.120 e. The summed E-state index contributed by atoms with van der Waals surface area (Å²) >= 11 is 0. The summed E-state index contributed by atoms with van der Waals surface area (Å²) in [5.74, 6) is 2.25. The quantitative estimate of drug-likeness (QED) is 0.567. The van der Waals surface area contributed by atoms with Crippen molar-refractivity contribution in [2.75, 3.05) is 0 Å². The van der Waals surface area contributed by atoms with E-state index in [2.05, 4.69) is 50.1 Å². The Morgan fingerprint density at radius 3 is 2.00 bits per heavy atom. The number of hydrogen-bond donors (Lipinski definition) is 0. The molecule has 1 aromatic rings. The Labute approximate surface area is 81.3 Å². The lowest BCUT2D eigenvalue weighted by Gasteiger charge is -1.98. The van der Waals surface area contributed by atoms with E-state index < -0.39 is 0 Å². The lowest BCUT2D eigenvalue weighted by atomic mass is 10.1. The van der Waals surface area contributed by atoms with E-state index >= 15 is 0 Å². The Bertz CT molecular complexity index is 296. The lowest BCUT2D eigenvalue weighted by Crippen LogP contribution is -1.76. The lowest BCUT2D eigenvalue weighted by molar-refractivity contribution is 1.45. The van der Waals surface area contributed by atoms with Gasteiger partial charge in [-0.3, -0.25) is 0 Å². The van der Waals surface area contributed by atoms with Gasteiger partial charge in [0.1, 0.15) is 0 Å². The third-order valence-electron chi connectivity index (χ3n) is 1.54. The molecule has 0 aliphatic heterocycles. The van der Waals surface area contributed by atoms with Crippen molar-refractivity contribution in [2.24, 2.45) is 0 Å². The van der Waals surface area contributed by atoms with Crippen LogP contribution in [-0.2, 0) is 0 Å². The molecule has 0 saturated heterocycles. The molecule has 0 heterocycles. The van der Waals surface area contributed by atoms with Crippen LogP contribution in [0.4, 0.5) is 0 Å². The molecule has 0 aliphatic carbocycles. The Balaban J connectivity index is 0.000000424. The molecule has 0 bridgehead atoms. The van der Waals surface area contributed by atoms with Crippen LogP contribution in [0.3, 0.4) is 0 Å². The highest BCUT2D eigenvalue weighted by Gasteiger charge is 1.89. The monoisotopic (exact) mass is 172 g/mol. The summed E-state index contributed by atoms with van der Waals surface area (Å²) in [7, 11) is 0. The maximum atomic E-state index is 4.60. The van der Waals surface area contributed by atoms with Gasteiger partial charge in [0.05, 0.1) is 0 Å². The van der Waals surface area contributed by atoms with Crippen molar-refractivity contribution in [3.05, 3.63) is 42.0 Å². The maximum Gasteiger partial charge on any atom is -0.00297 e. The van der Waals surface area contributed by atoms with Crippen molar-refractivity contribution in [3.8, 4) is 12.3 Å². The average molecular weight is 172 g/mol. The summed E-state index contributed by atoms with van der Waals surface area (Å²) in [5.41, 5.74) is 3.65. The smallest absolute Gasteiger partial charge is 0.00297 e. The fraction of sp³-hybridized carbons (Fsp3) is 0.231. The van der Waals surface area contributed by atoms with Crippen molar-refractivity contribution in [3.63, 3.8) is 0 Å². The SMILES string of the molecule is C#CC.C=C(C)c1ccc(C)cc1. The van der Waals surface area contributed by atoms with E-state index in [1.54, 1.807) is 6.92 Å². The molecular formula is C13H16. The van der Waals surface area contributed by atoms with Crippen LogP contribution < -0.4 is 0 Å². The van der Waals surface area contributed by atoms with E-state index in [0.717, 1.165) is 5.57 Å². The number of terminal acetylenes is 1. The number of hydrogen-bond acceptors (Lipinski definition) is 0. The highest BCUT2D eigenvalue weighted by molar-refractivity contribution is 5.61. The molecule has 0 atom stereocenters. The fourth-order valence-corrected chi connectivity index (χ4v) is 0.838. The van der Waals surface area contributed by atoms with Gasteiger partial charge >= 0.3 is 0 Å². The molecule has 0 unspecified atom stereocenters. The molecule has 0 N–H and O–H groups in total. The van der Waals surface area contributed by atoms with Crippen molar-refractivity contribution in [1.29, 1.82) is 0 Å². The van der Waals surface area contributed by atoms with Gasteiger partial charge in [0, 0.05) is 0 Å². The van der Waals surface area contributed by atoms with Crippen LogP contribution in [0.15, 0.2) is 30.8 Å². The van der Waals surface area contributed by atoms with Gasteiger partial charge in [0.15, 0.2) is 0 Å². The van der Waals surface area contributed by atoms with Crippen molar-refractivity contribution in [1.82, 2.24) is 0 Å². The number of benzene rings is 1. The van der Waals surface area contributed by atoms with Crippen LogP contribution in [0.1, 0.15) is 25.0 Å². The second kappa shape index (κ2) is 6.08. The van der Waals surface area contributed by atoms with Gasteiger partial charge in [-0.05, 0) is 26.3 Å². The molecule has 0 aromatic heterocycles. The Morgan fingerprint density at radius 1 is 1.31 bits per heavy atom. The third kappa shape index (κ3) is 4.87. The molecule has 0 nitrogen and oxygen atoms in total. The van der Waals surface area contributed by atoms with Crippen LogP contribution in [0.5, 0.6) is 0 Å². The molecule has 1 aromatic carbocycles. The van der Waals surface area contributed by atoms with E-state index in [1.807, 2.05) is 6.92 Å². The first-order valence-corrected chi connectivity index (χ1v) is 4.21. The van der Waals surface area contributed by atoms with E-state index in [4.69, 9.17) is 0 Å². The van der Waals surface area contributed by atoms with Gasteiger partial charge in [-0.15, -0.1) is 12.3 Å². The molecule has 68 valence electrons. The highest BCUT2D eigenvalue weighted by atomic mass is 13.9. The molecule has 0 heteroatoms. The first kappa shape index (κ1) is 11.5. The largest absolute Gasteiger partial charge is 0.120 e. The summed E-state index contributed by atoms with van der Waals surface area (Å²) in [6.45, 7) is 9.61. The molecule has 0 radical (unpaired) electrons. The zero-order valence-electron chi connectivity index (χ0n) is 8.59. The number of allylic oxidation sites excluding steroid dienone is 1. The van der Waals surface area contributed by atoms with Gasteiger partial charge in [0.25, 0.3) is 0 Å². The topological polar surface area (TPSA) is 0 Å². The van der Waals surface area contributed by atoms with E-state index in [0.29, 0.717) is 0 Å². The molecular weight excluding hydrogens is 156 g/mol. The fourth-order valence-electron chi connectivity index (χ4n) is 0.838. The molecule has 1 rings (SSSR count). The first-order valence-electron chi connectivity index (χ1n) is 4.21. The van der Waals surface area contributed by atoms with Gasteiger partial charge in [-0.1, -0.05) is 42.0 Å². The summed E-state index contributed by atoms with van der Waals surface area (Å²) in [4.78, 5) is 0. The minimum absolute atomic E-state index is 1.13. The van der Waals surface area contributed by atoms with Gasteiger partial charge in [-0.2, -0.15) is 0 Å². The molecule has 0 fully saturated rings. The average Bonchev–Trinajstić information content (AvgIpc) is 2.06. The predicted octanol–water partition coefficient (Wildman–Crippen LogP) is 3.67. The highest BCUT2D eigenvalue weighted by Crippen LogP contribution is 2.11. The molecule has 0 aliphatic rings. The normalized spacial score (nSPS) is 7.85. The van der Waals surface area contributed by atoms with Crippen LogP contribution in [0, 0.1) is 19.3 Å². The second-order valence-electron chi connectivity index (χ2n) is 2.94. The second-order valence-corrected chi connectivity index (χ2v) is 2.94. The molecule has 0 amide bonds. The zero-order valence-corrected chi connectivity index (χ0v) is 8.59. The van der Waals surface area contributed by atoms with E-state index in [-0.39, 0.29) is 0 Å². The number of aryl methyl sites for hydroxylation is 1. The van der Waals surface area contributed by atoms with Crippen molar-refractivity contribution < 1.29 is 0 Å². The van der Waals surface area contributed by atoms with Crippen LogP contribution in [0.25, 0.3) is 5.57 Å². The summed E-state index contributed by atoms with van der Waals surface area (Å²) in [6.07, 6.45) is 4.60. The van der Waals surface area contributed by atoms with Gasteiger partial charge in [0.2, 0.25) is 0 Å². The van der Waals surface area contributed by atoms with Crippen LogP contribution in [-0.4, -0.2) is 0 Å². The van der Waals surface area contributed by atoms with Crippen molar-refractivity contribution >= 4 is 5.57 Å². The molecule has 0 spiro atoms. The van der Waals surface area contributed by atoms with Gasteiger partial charge < -0.3 is 0 Å². The summed E-state index contributed by atoms with van der Waals surface area (Å²) in [5, 5.41) is 0. The Kier molecular flexibility index (Phi) is 5.39. The van der Waals surface area contributed by atoms with E-state index in [1.165, 1.54) is 11.1 Å². The Hall–Kier alpha value is -1.48. The number of rotatable bonds is 1. The summed E-state index contributed by atoms with van der Waals surface area (Å²) in [6, 6.07) is 8.39. The minimum atomic E-state index is 1.13. The summed E-state index contributed by atoms with van der Waals surface area (Å²) < 4.78 is 0. The predicted molar refractivity (Wildman–Crippen MR) is 60.4 cm³/mol. The van der Waals surface area contributed by atoms with Crippen LogP contribution >= 0.6 is 0 Å². The zero-order chi connectivity index (χ0) is 10.3. The van der Waals surface area contributed by atoms with Crippen LogP contribution in [0.2, 0.25) is 0 Å². The van der Waals surface area contributed by atoms with Gasteiger partial charge in [-0.25, -0.2) is 0 Å². The van der Waals surface area contributed by atoms with E-state index in [9.17, 15) is 0 Å². The standard InChI is InChI=1S/C10H12.C3H4/c1-8(2)10-6-4-9(3)5-7-10;1-3-2/h4-7H,1H2,2-3H3;1H,2H3.